The molecule has 0 radical (unpaired) electrons. The Bertz CT molecular complexity index is 403. The van der Waals surface area contributed by atoms with E-state index in [0.29, 0.717) is 10.6 Å². The van der Waals surface area contributed by atoms with Crippen molar-refractivity contribution in [3.8, 4) is 0 Å². The number of rotatable bonds is 5. The Morgan fingerprint density at radius 1 is 1.41 bits per heavy atom. The van der Waals surface area contributed by atoms with Crippen LogP contribution in [0.4, 0.5) is 5.69 Å². The van der Waals surface area contributed by atoms with Crippen LogP contribution in [0.5, 0.6) is 0 Å². The summed E-state index contributed by atoms with van der Waals surface area (Å²) in [6.45, 7) is 3.91. The zero-order chi connectivity index (χ0) is 12.8. The Morgan fingerprint density at radius 2 is 2.00 bits per heavy atom. The third kappa shape index (κ3) is 4.56. The monoisotopic (exact) mass is 254 g/mol. The number of nitrogen functional groups attached to an aromatic ring is 1. The van der Waals surface area contributed by atoms with Gasteiger partial charge in [-0.2, -0.15) is 0 Å². The lowest BCUT2D eigenvalue weighted by molar-refractivity contribution is -0.119. The SMILES string of the molecule is CCC(C)NC(=O)CS(=O)c1ccc(N)cc1. The van der Waals surface area contributed by atoms with Crippen LogP contribution in [0.2, 0.25) is 0 Å². The van der Waals surface area contributed by atoms with E-state index in [2.05, 4.69) is 5.32 Å². The minimum atomic E-state index is -1.31. The molecular formula is C12H18N2O2S. The number of benzene rings is 1. The summed E-state index contributed by atoms with van der Waals surface area (Å²) in [7, 11) is -1.31. The third-order valence-electron chi connectivity index (χ3n) is 2.42. The van der Waals surface area contributed by atoms with Gasteiger partial charge in [0.05, 0.1) is 10.8 Å². The number of nitrogens with one attached hydrogen (secondary N) is 1. The highest BCUT2D eigenvalue weighted by molar-refractivity contribution is 7.85. The Kier molecular flexibility index (Phi) is 5.15. The summed E-state index contributed by atoms with van der Waals surface area (Å²) >= 11 is 0. The van der Waals surface area contributed by atoms with Crippen molar-refractivity contribution in [1.29, 1.82) is 0 Å². The van der Waals surface area contributed by atoms with Crippen molar-refractivity contribution in [3.05, 3.63) is 24.3 Å². The number of carbonyl (C=O) groups excluding carboxylic acids is 1. The van der Waals surface area contributed by atoms with Crippen LogP contribution in [-0.2, 0) is 15.6 Å². The Hall–Kier alpha value is -1.36. The van der Waals surface area contributed by atoms with E-state index >= 15 is 0 Å². The Balaban J connectivity index is 2.54. The highest BCUT2D eigenvalue weighted by Crippen LogP contribution is 2.09. The summed E-state index contributed by atoms with van der Waals surface area (Å²) < 4.78 is 11.8. The van der Waals surface area contributed by atoms with E-state index in [0.717, 1.165) is 6.42 Å². The molecule has 2 unspecified atom stereocenters. The number of anilines is 1. The summed E-state index contributed by atoms with van der Waals surface area (Å²) in [4.78, 5) is 12.2. The fourth-order valence-corrected chi connectivity index (χ4v) is 2.17. The van der Waals surface area contributed by atoms with Gasteiger partial charge in [-0.25, -0.2) is 0 Å². The largest absolute Gasteiger partial charge is 0.399 e. The van der Waals surface area contributed by atoms with Gasteiger partial charge in [0.15, 0.2) is 0 Å². The minimum absolute atomic E-state index is 0.00570. The van der Waals surface area contributed by atoms with Gasteiger partial charge >= 0.3 is 0 Å². The van der Waals surface area contributed by atoms with E-state index < -0.39 is 10.8 Å². The van der Waals surface area contributed by atoms with Crippen LogP contribution in [0.25, 0.3) is 0 Å². The molecule has 0 spiro atoms. The molecule has 1 amide bonds. The van der Waals surface area contributed by atoms with Gasteiger partial charge in [-0.15, -0.1) is 0 Å². The van der Waals surface area contributed by atoms with E-state index in [1.807, 2.05) is 13.8 Å². The second-order valence-electron chi connectivity index (χ2n) is 3.94. The van der Waals surface area contributed by atoms with Gasteiger partial charge in [0.25, 0.3) is 0 Å². The number of nitrogens with two attached hydrogens (primary N) is 1. The maximum absolute atomic E-state index is 11.8. The molecule has 0 aliphatic heterocycles. The zero-order valence-electron chi connectivity index (χ0n) is 10.1. The average Bonchev–Trinajstić information content (AvgIpc) is 2.29. The van der Waals surface area contributed by atoms with E-state index in [1.165, 1.54) is 0 Å². The molecule has 5 heteroatoms. The topological polar surface area (TPSA) is 72.2 Å². The molecule has 0 heterocycles. The predicted molar refractivity (Wildman–Crippen MR) is 70.0 cm³/mol. The Morgan fingerprint density at radius 3 is 2.53 bits per heavy atom. The van der Waals surface area contributed by atoms with Gasteiger partial charge < -0.3 is 11.1 Å². The highest BCUT2D eigenvalue weighted by atomic mass is 32.2. The second kappa shape index (κ2) is 6.39. The van der Waals surface area contributed by atoms with Gasteiger partial charge in [-0.3, -0.25) is 9.00 Å². The maximum Gasteiger partial charge on any atom is 0.233 e. The average molecular weight is 254 g/mol. The minimum Gasteiger partial charge on any atom is -0.399 e. The second-order valence-corrected chi connectivity index (χ2v) is 5.39. The molecule has 2 atom stereocenters. The quantitative estimate of drug-likeness (QED) is 0.778. The number of hydrogen-bond acceptors (Lipinski definition) is 3. The van der Waals surface area contributed by atoms with Gasteiger partial charge in [0, 0.05) is 16.6 Å². The van der Waals surface area contributed by atoms with E-state index in [4.69, 9.17) is 5.73 Å². The van der Waals surface area contributed by atoms with Gasteiger partial charge in [0.1, 0.15) is 5.75 Å². The van der Waals surface area contributed by atoms with Crippen molar-refractivity contribution < 1.29 is 9.00 Å². The Labute approximate surface area is 104 Å². The lowest BCUT2D eigenvalue weighted by atomic mass is 10.3. The first kappa shape index (κ1) is 13.7. The van der Waals surface area contributed by atoms with Crippen molar-refractivity contribution in [1.82, 2.24) is 5.32 Å². The molecule has 17 heavy (non-hydrogen) atoms. The summed E-state index contributed by atoms with van der Waals surface area (Å²) in [6.07, 6.45) is 0.861. The molecule has 3 N–H and O–H groups in total. The molecular weight excluding hydrogens is 236 g/mol. The van der Waals surface area contributed by atoms with Crippen molar-refractivity contribution in [2.45, 2.75) is 31.2 Å². The van der Waals surface area contributed by atoms with Crippen LogP contribution >= 0.6 is 0 Å². The molecule has 0 aliphatic rings. The highest BCUT2D eigenvalue weighted by Gasteiger charge is 2.11. The molecule has 94 valence electrons. The van der Waals surface area contributed by atoms with Crippen molar-refractivity contribution in [2.24, 2.45) is 0 Å². The predicted octanol–water partition coefficient (Wildman–Crippen LogP) is 1.29. The molecule has 0 saturated carbocycles. The standard InChI is InChI=1S/C12H18N2O2S/c1-3-9(2)14-12(15)8-17(16)11-6-4-10(13)5-7-11/h4-7,9H,3,8,13H2,1-2H3,(H,14,15). The third-order valence-corrected chi connectivity index (χ3v) is 3.75. The summed E-state index contributed by atoms with van der Waals surface area (Å²) in [5.74, 6) is -0.191. The van der Waals surface area contributed by atoms with E-state index in [1.54, 1.807) is 24.3 Å². The van der Waals surface area contributed by atoms with Gasteiger partial charge in [-0.1, -0.05) is 6.92 Å². The molecule has 0 bridgehead atoms. The zero-order valence-corrected chi connectivity index (χ0v) is 10.9. The van der Waals surface area contributed by atoms with E-state index in [-0.39, 0.29) is 17.7 Å². The number of amides is 1. The number of carbonyl (C=O) groups is 1. The van der Waals surface area contributed by atoms with Crippen LogP contribution in [-0.4, -0.2) is 21.9 Å². The maximum atomic E-state index is 11.8. The fraction of sp³-hybridized carbons (Fsp3) is 0.417. The van der Waals surface area contributed by atoms with E-state index in [9.17, 15) is 9.00 Å². The first-order valence-corrected chi connectivity index (χ1v) is 6.88. The molecule has 0 fully saturated rings. The smallest absolute Gasteiger partial charge is 0.233 e. The fourth-order valence-electron chi connectivity index (χ4n) is 1.24. The molecule has 0 aromatic heterocycles. The molecule has 0 aliphatic carbocycles. The van der Waals surface area contributed by atoms with Crippen LogP contribution < -0.4 is 11.1 Å². The van der Waals surface area contributed by atoms with Crippen LogP contribution in [0.1, 0.15) is 20.3 Å². The van der Waals surface area contributed by atoms with Gasteiger partial charge in [-0.05, 0) is 37.6 Å². The molecule has 4 nitrogen and oxygen atoms in total. The van der Waals surface area contributed by atoms with Crippen LogP contribution in [0, 0.1) is 0 Å². The van der Waals surface area contributed by atoms with Crippen LogP contribution in [0.3, 0.4) is 0 Å². The molecule has 1 rings (SSSR count). The van der Waals surface area contributed by atoms with Gasteiger partial charge in [0.2, 0.25) is 5.91 Å². The van der Waals surface area contributed by atoms with Crippen molar-refractivity contribution in [2.75, 3.05) is 11.5 Å². The van der Waals surface area contributed by atoms with Crippen molar-refractivity contribution in [3.63, 3.8) is 0 Å². The lowest BCUT2D eigenvalue weighted by Crippen LogP contribution is -2.35. The summed E-state index contributed by atoms with van der Waals surface area (Å²) in [5, 5.41) is 2.78. The first-order valence-electron chi connectivity index (χ1n) is 5.56. The molecule has 1 aromatic carbocycles. The van der Waals surface area contributed by atoms with Crippen molar-refractivity contribution >= 4 is 22.4 Å². The summed E-state index contributed by atoms with van der Waals surface area (Å²) in [6, 6.07) is 6.84. The lowest BCUT2D eigenvalue weighted by Gasteiger charge is -2.11. The molecule has 0 saturated heterocycles. The first-order chi connectivity index (χ1) is 8.02. The summed E-state index contributed by atoms with van der Waals surface area (Å²) in [5.41, 5.74) is 6.15. The molecule has 1 aromatic rings. The normalized spacial score (nSPS) is 14.0. The van der Waals surface area contributed by atoms with Crippen LogP contribution in [0.15, 0.2) is 29.2 Å². The number of hydrogen-bond donors (Lipinski definition) is 2.